The number of nitrogens with one attached hydrogen (secondary N) is 1. The van der Waals surface area contributed by atoms with E-state index in [1.165, 1.54) is 17.8 Å². The van der Waals surface area contributed by atoms with Crippen LogP contribution < -0.4 is 5.32 Å². The van der Waals surface area contributed by atoms with Gasteiger partial charge in [-0.15, -0.1) is 0 Å². The summed E-state index contributed by atoms with van der Waals surface area (Å²) in [4.78, 5) is 16.7. The smallest absolute Gasteiger partial charge is 0.234 e. The minimum absolute atomic E-state index is 0.0540. The second kappa shape index (κ2) is 7.15. The summed E-state index contributed by atoms with van der Waals surface area (Å²) in [6.45, 7) is 2.83. The summed E-state index contributed by atoms with van der Waals surface area (Å²) in [5.41, 5.74) is 2.31. The third kappa shape index (κ3) is 3.49. The molecule has 0 aliphatic heterocycles. The van der Waals surface area contributed by atoms with Gasteiger partial charge in [0, 0.05) is 17.6 Å². The number of nitrogens with zero attached hydrogens (tertiary/aromatic N) is 2. The zero-order valence-corrected chi connectivity index (χ0v) is 14.6. The Bertz CT molecular complexity index is 895. The summed E-state index contributed by atoms with van der Waals surface area (Å²) in [5, 5.41) is 13.7. The van der Waals surface area contributed by atoms with Gasteiger partial charge in [0.2, 0.25) is 5.91 Å². The predicted octanol–water partition coefficient (Wildman–Crippen LogP) is 4.15. The van der Waals surface area contributed by atoms with Crippen LogP contribution in [0.2, 0.25) is 5.02 Å². The highest BCUT2D eigenvalue weighted by Crippen LogP contribution is 2.28. The van der Waals surface area contributed by atoms with Crippen LogP contribution in [-0.2, 0) is 11.3 Å². The Labute approximate surface area is 148 Å². The average molecular weight is 362 g/mol. The number of imidazole rings is 1. The second-order valence-corrected chi connectivity index (χ2v) is 6.50. The minimum atomic E-state index is -0.215. The van der Waals surface area contributed by atoms with Gasteiger partial charge in [0.1, 0.15) is 5.75 Å². The van der Waals surface area contributed by atoms with Crippen LogP contribution in [0.3, 0.4) is 0 Å². The number of fused-ring (bicyclic) bond motifs is 1. The number of para-hydroxylation sites is 2. The molecule has 2 aromatic carbocycles. The molecular weight excluding hydrogens is 346 g/mol. The molecule has 0 aliphatic carbocycles. The van der Waals surface area contributed by atoms with Gasteiger partial charge in [0.25, 0.3) is 0 Å². The van der Waals surface area contributed by atoms with Gasteiger partial charge in [-0.3, -0.25) is 4.79 Å². The van der Waals surface area contributed by atoms with Crippen LogP contribution in [0.25, 0.3) is 11.0 Å². The first-order valence-corrected chi connectivity index (χ1v) is 8.81. The molecule has 1 heterocycles. The van der Waals surface area contributed by atoms with Crippen molar-refractivity contribution in [2.45, 2.75) is 18.6 Å². The quantitative estimate of drug-likeness (QED) is 0.529. The Kier molecular flexibility index (Phi) is 4.97. The van der Waals surface area contributed by atoms with E-state index in [1.54, 1.807) is 12.1 Å². The van der Waals surface area contributed by atoms with Gasteiger partial charge in [-0.05, 0) is 31.2 Å². The molecule has 0 bridgehead atoms. The predicted molar refractivity (Wildman–Crippen MR) is 97.9 cm³/mol. The Morgan fingerprint density at radius 1 is 1.33 bits per heavy atom. The van der Waals surface area contributed by atoms with E-state index in [0.717, 1.165) is 22.7 Å². The molecule has 0 spiro atoms. The van der Waals surface area contributed by atoms with Crippen LogP contribution in [0.5, 0.6) is 5.75 Å². The molecule has 3 rings (SSSR count). The van der Waals surface area contributed by atoms with Gasteiger partial charge >= 0.3 is 0 Å². The maximum absolute atomic E-state index is 12.1. The van der Waals surface area contributed by atoms with Crippen molar-refractivity contribution in [1.29, 1.82) is 0 Å². The lowest BCUT2D eigenvalue weighted by Gasteiger charge is -2.08. The van der Waals surface area contributed by atoms with E-state index in [-0.39, 0.29) is 17.4 Å². The fourth-order valence-electron chi connectivity index (χ4n) is 2.40. The third-order valence-electron chi connectivity index (χ3n) is 3.50. The molecule has 7 heteroatoms. The van der Waals surface area contributed by atoms with Gasteiger partial charge in [-0.25, -0.2) is 4.98 Å². The van der Waals surface area contributed by atoms with Gasteiger partial charge in [-0.2, -0.15) is 0 Å². The van der Waals surface area contributed by atoms with E-state index in [2.05, 4.69) is 14.9 Å². The van der Waals surface area contributed by atoms with Crippen molar-refractivity contribution in [3.05, 3.63) is 47.5 Å². The highest BCUT2D eigenvalue weighted by molar-refractivity contribution is 7.99. The summed E-state index contributed by atoms with van der Waals surface area (Å²) in [6, 6.07) is 12.5. The first kappa shape index (κ1) is 16.7. The molecule has 0 unspecified atom stereocenters. The van der Waals surface area contributed by atoms with Crippen molar-refractivity contribution in [2.24, 2.45) is 0 Å². The Morgan fingerprint density at radius 2 is 2.12 bits per heavy atom. The maximum atomic E-state index is 12.1. The number of hydrogen-bond donors (Lipinski definition) is 2. The third-order valence-corrected chi connectivity index (χ3v) is 4.71. The first-order valence-electron chi connectivity index (χ1n) is 7.45. The molecular formula is C17H16ClN3O2S. The van der Waals surface area contributed by atoms with E-state index in [9.17, 15) is 9.90 Å². The first-order chi connectivity index (χ1) is 11.6. The molecule has 1 amide bonds. The molecule has 3 aromatic rings. The molecule has 1 aromatic heterocycles. The van der Waals surface area contributed by atoms with Crippen molar-refractivity contribution in [2.75, 3.05) is 11.1 Å². The maximum Gasteiger partial charge on any atom is 0.234 e. The number of amides is 1. The lowest BCUT2D eigenvalue weighted by atomic mass is 10.3. The zero-order valence-electron chi connectivity index (χ0n) is 13.0. The summed E-state index contributed by atoms with van der Waals surface area (Å²) in [6.07, 6.45) is 0. The second-order valence-electron chi connectivity index (χ2n) is 5.13. The Balaban J connectivity index is 1.70. The number of aromatic hydroxyl groups is 1. The highest BCUT2D eigenvalue weighted by atomic mass is 35.5. The number of anilines is 1. The van der Waals surface area contributed by atoms with Gasteiger partial charge in [0.15, 0.2) is 5.16 Å². The number of carbonyl (C=O) groups is 1. The monoisotopic (exact) mass is 361 g/mol. The standard InChI is InChI=1S/C17H16ClN3O2S/c1-2-21-14-6-4-3-5-12(14)20-17(21)24-10-16(23)19-13-8-7-11(18)9-15(13)22/h3-9,22H,2,10H2,1H3,(H,19,23). The molecule has 2 N–H and O–H groups in total. The molecule has 24 heavy (non-hydrogen) atoms. The van der Waals surface area contributed by atoms with Crippen molar-refractivity contribution >= 4 is 46.0 Å². The van der Waals surface area contributed by atoms with E-state index in [1.807, 2.05) is 31.2 Å². The summed E-state index contributed by atoms with van der Waals surface area (Å²) < 4.78 is 2.08. The Morgan fingerprint density at radius 3 is 2.88 bits per heavy atom. The van der Waals surface area contributed by atoms with Gasteiger partial charge < -0.3 is 15.0 Å². The number of aromatic nitrogens is 2. The van der Waals surface area contributed by atoms with Crippen LogP contribution >= 0.6 is 23.4 Å². The number of benzene rings is 2. The highest BCUT2D eigenvalue weighted by Gasteiger charge is 2.13. The largest absolute Gasteiger partial charge is 0.506 e. The summed E-state index contributed by atoms with van der Waals surface area (Å²) in [7, 11) is 0. The van der Waals surface area contributed by atoms with E-state index < -0.39 is 0 Å². The van der Waals surface area contributed by atoms with Crippen molar-refractivity contribution in [3.8, 4) is 5.75 Å². The number of hydrogen-bond acceptors (Lipinski definition) is 4. The van der Waals surface area contributed by atoms with Crippen LogP contribution in [0.15, 0.2) is 47.6 Å². The fraction of sp³-hybridized carbons (Fsp3) is 0.176. The zero-order chi connectivity index (χ0) is 17.1. The molecule has 124 valence electrons. The van der Waals surface area contributed by atoms with Crippen molar-refractivity contribution in [1.82, 2.24) is 9.55 Å². The number of thioether (sulfide) groups is 1. The number of halogens is 1. The lowest BCUT2D eigenvalue weighted by Crippen LogP contribution is -2.14. The van der Waals surface area contributed by atoms with Gasteiger partial charge in [-0.1, -0.05) is 35.5 Å². The normalized spacial score (nSPS) is 10.9. The van der Waals surface area contributed by atoms with Crippen LogP contribution in [0.4, 0.5) is 5.69 Å². The molecule has 0 saturated heterocycles. The number of rotatable bonds is 5. The molecule has 0 saturated carbocycles. The molecule has 0 atom stereocenters. The average Bonchev–Trinajstić information content (AvgIpc) is 2.93. The minimum Gasteiger partial charge on any atom is -0.506 e. The topological polar surface area (TPSA) is 67.2 Å². The van der Waals surface area contributed by atoms with Crippen LogP contribution in [0, 0.1) is 0 Å². The SMILES string of the molecule is CCn1c(SCC(=O)Nc2ccc(Cl)cc2O)nc2ccccc21. The summed E-state index contributed by atoms with van der Waals surface area (Å²) in [5.74, 6) is -0.0697. The summed E-state index contributed by atoms with van der Waals surface area (Å²) >= 11 is 7.14. The van der Waals surface area contributed by atoms with Crippen molar-refractivity contribution in [3.63, 3.8) is 0 Å². The number of carbonyl (C=O) groups excluding carboxylic acids is 1. The molecule has 0 fully saturated rings. The van der Waals surface area contributed by atoms with E-state index >= 15 is 0 Å². The number of phenols is 1. The molecule has 0 radical (unpaired) electrons. The Hall–Kier alpha value is -2.18. The fourth-order valence-corrected chi connectivity index (χ4v) is 3.44. The number of aryl methyl sites for hydroxylation is 1. The number of phenolic OH excluding ortho intramolecular Hbond substituents is 1. The van der Waals surface area contributed by atoms with Crippen LogP contribution in [0.1, 0.15) is 6.92 Å². The van der Waals surface area contributed by atoms with E-state index in [4.69, 9.17) is 11.6 Å². The van der Waals surface area contributed by atoms with E-state index in [0.29, 0.717) is 10.7 Å². The molecule has 0 aliphatic rings. The molecule has 5 nitrogen and oxygen atoms in total. The van der Waals surface area contributed by atoms with Gasteiger partial charge in [0.05, 0.1) is 22.5 Å². The van der Waals surface area contributed by atoms with Crippen LogP contribution in [-0.4, -0.2) is 26.3 Å². The van der Waals surface area contributed by atoms with Crippen molar-refractivity contribution < 1.29 is 9.90 Å². The lowest BCUT2D eigenvalue weighted by molar-refractivity contribution is -0.113.